The Bertz CT molecular complexity index is 566. The molecular formula is C20H31BrN4O. The van der Waals surface area contributed by atoms with Crippen molar-refractivity contribution in [2.75, 3.05) is 25.0 Å². The van der Waals surface area contributed by atoms with E-state index in [0.717, 1.165) is 49.2 Å². The van der Waals surface area contributed by atoms with E-state index in [2.05, 4.69) is 61.8 Å². The van der Waals surface area contributed by atoms with Crippen molar-refractivity contribution in [1.29, 1.82) is 0 Å². The molecule has 6 heteroatoms. The number of anilines is 1. The second-order valence-corrected chi connectivity index (χ2v) is 8.31. The monoisotopic (exact) mass is 422 g/mol. The van der Waals surface area contributed by atoms with Gasteiger partial charge in [0.2, 0.25) is 5.95 Å². The summed E-state index contributed by atoms with van der Waals surface area (Å²) in [6, 6.07) is 0.492. The minimum atomic E-state index is 0.148. The normalized spacial score (nSPS) is 26.1. The zero-order chi connectivity index (χ0) is 18.4. The molecule has 2 heterocycles. The molecule has 0 amide bonds. The lowest BCUT2D eigenvalue weighted by atomic mass is 9.92. The molecule has 1 aromatic heterocycles. The van der Waals surface area contributed by atoms with Gasteiger partial charge in [-0.2, -0.15) is 0 Å². The Morgan fingerprint density at radius 1 is 1.15 bits per heavy atom. The molecule has 5 nitrogen and oxygen atoms in total. The van der Waals surface area contributed by atoms with E-state index in [-0.39, 0.29) is 6.23 Å². The van der Waals surface area contributed by atoms with E-state index >= 15 is 0 Å². The molecular weight excluding hydrogens is 392 g/mol. The minimum absolute atomic E-state index is 0.148. The molecule has 0 aromatic carbocycles. The molecule has 2 aliphatic rings. The number of allylic oxidation sites excluding steroid dienone is 1. The minimum Gasteiger partial charge on any atom is -0.356 e. The molecule has 1 aromatic rings. The molecule has 144 valence electrons. The molecule has 0 spiro atoms. The van der Waals surface area contributed by atoms with Crippen molar-refractivity contribution < 1.29 is 4.74 Å². The summed E-state index contributed by atoms with van der Waals surface area (Å²) in [6.07, 6.45) is 16.9. The number of nitrogens with zero attached hydrogens (tertiary/aromatic N) is 4. The van der Waals surface area contributed by atoms with Gasteiger partial charge in [0.25, 0.3) is 0 Å². The summed E-state index contributed by atoms with van der Waals surface area (Å²) in [4.78, 5) is 13.6. The fourth-order valence-corrected chi connectivity index (χ4v) is 4.21. The fourth-order valence-electron chi connectivity index (χ4n) is 4.01. The molecule has 0 bridgehead atoms. The van der Waals surface area contributed by atoms with Crippen molar-refractivity contribution >= 4 is 21.9 Å². The van der Waals surface area contributed by atoms with Gasteiger partial charge < -0.3 is 9.64 Å². The summed E-state index contributed by atoms with van der Waals surface area (Å²) in [7, 11) is 2.10. The second-order valence-electron chi connectivity index (χ2n) is 7.39. The number of aromatic nitrogens is 2. The molecule has 1 saturated heterocycles. The van der Waals surface area contributed by atoms with E-state index in [1.165, 1.54) is 19.3 Å². The third kappa shape index (κ3) is 5.27. The number of piperidine rings is 1. The first-order valence-electron chi connectivity index (χ1n) is 9.90. The highest BCUT2D eigenvalue weighted by Crippen LogP contribution is 2.28. The number of halogens is 1. The van der Waals surface area contributed by atoms with Crippen molar-refractivity contribution in [3.63, 3.8) is 0 Å². The number of ether oxygens (including phenoxy) is 1. The molecule has 1 unspecified atom stereocenters. The van der Waals surface area contributed by atoms with Crippen molar-refractivity contribution in [3.8, 4) is 0 Å². The van der Waals surface area contributed by atoms with Crippen LogP contribution < -0.4 is 4.90 Å². The molecule has 2 fully saturated rings. The quantitative estimate of drug-likeness (QED) is 0.635. The van der Waals surface area contributed by atoms with Gasteiger partial charge in [-0.15, -0.1) is 0 Å². The fraction of sp³-hybridized carbons (Fsp3) is 0.700. The molecule has 26 heavy (non-hydrogen) atoms. The van der Waals surface area contributed by atoms with Crippen LogP contribution in [0.3, 0.4) is 0 Å². The Hall–Kier alpha value is -0.980. The standard InChI is InChI=1S/C20H31BrN4O/c1-3-7-19(25-12-5-4-6-13-25)26-18-10-8-17(9-11-18)24(2)20-22-14-16(21)15-23-20/h3,7,14-15,17-19H,4-6,8-13H2,1-2H3. The molecule has 1 saturated carbocycles. The van der Waals surface area contributed by atoms with Gasteiger partial charge in [-0.25, -0.2) is 9.97 Å². The second kappa shape index (κ2) is 9.81. The Labute approximate surface area is 166 Å². The number of hydrogen-bond donors (Lipinski definition) is 0. The van der Waals surface area contributed by atoms with Gasteiger partial charge in [0.05, 0.1) is 10.6 Å². The number of rotatable bonds is 6. The van der Waals surface area contributed by atoms with Crippen LogP contribution in [-0.2, 0) is 4.74 Å². The van der Waals surface area contributed by atoms with Crippen molar-refractivity contribution in [2.24, 2.45) is 0 Å². The van der Waals surface area contributed by atoms with Crippen LogP contribution in [0, 0.1) is 0 Å². The highest BCUT2D eigenvalue weighted by atomic mass is 79.9. The van der Waals surface area contributed by atoms with Crippen LogP contribution in [0.4, 0.5) is 5.95 Å². The highest BCUT2D eigenvalue weighted by Gasteiger charge is 2.28. The first-order valence-corrected chi connectivity index (χ1v) is 10.7. The van der Waals surface area contributed by atoms with Crippen LogP contribution in [0.15, 0.2) is 29.0 Å². The average molecular weight is 423 g/mol. The lowest BCUT2D eigenvalue weighted by Gasteiger charge is -2.38. The molecule has 1 aliphatic heterocycles. The number of hydrogen-bond acceptors (Lipinski definition) is 5. The summed E-state index contributed by atoms with van der Waals surface area (Å²) in [6.45, 7) is 4.41. The first-order chi connectivity index (χ1) is 12.7. The zero-order valence-electron chi connectivity index (χ0n) is 16.0. The topological polar surface area (TPSA) is 41.5 Å². The summed E-state index contributed by atoms with van der Waals surface area (Å²) in [5.74, 6) is 0.803. The van der Waals surface area contributed by atoms with Gasteiger partial charge in [0, 0.05) is 38.6 Å². The van der Waals surface area contributed by atoms with Crippen LogP contribution in [-0.4, -0.2) is 53.4 Å². The Balaban J connectivity index is 1.51. The molecule has 0 radical (unpaired) electrons. The maximum atomic E-state index is 6.50. The van der Waals surface area contributed by atoms with Crippen LogP contribution in [0.2, 0.25) is 0 Å². The molecule has 3 rings (SSSR count). The lowest BCUT2D eigenvalue weighted by Crippen LogP contribution is -2.44. The van der Waals surface area contributed by atoms with Gasteiger partial charge in [-0.05, 0) is 67.5 Å². The molecule has 1 atom stereocenters. The van der Waals surface area contributed by atoms with E-state index in [9.17, 15) is 0 Å². The summed E-state index contributed by atoms with van der Waals surface area (Å²) in [5, 5.41) is 0. The predicted molar refractivity (Wildman–Crippen MR) is 109 cm³/mol. The zero-order valence-corrected chi connectivity index (χ0v) is 17.6. The average Bonchev–Trinajstić information content (AvgIpc) is 2.69. The first kappa shape index (κ1) is 19.8. The summed E-state index contributed by atoms with van der Waals surface area (Å²) >= 11 is 3.40. The lowest BCUT2D eigenvalue weighted by molar-refractivity contribution is -0.0895. The van der Waals surface area contributed by atoms with Crippen LogP contribution in [0.1, 0.15) is 51.9 Å². The maximum Gasteiger partial charge on any atom is 0.225 e. The summed E-state index contributed by atoms with van der Waals surface area (Å²) in [5.41, 5.74) is 0. The van der Waals surface area contributed by atoms with Crippen molar-refractivity contribution in [3.05, 3.63) is 29.0 Å². The number of likely N-dealkylation sites (tertiary alicyclic amines) is 1. The van der Waals surface area contributed by atoms with E-state index in [1.54, 1.807) is 0 Å². The van der Waals surface area contributed by atoms with Gasteiger partial charge in [0.15, 0.2) is 0 Å². The van der Waals surface area contributed by atoms with E-state index < -0.39 is 0 Å². The van der Waals surface area contributed by atoms with E-state index in [0.29, 0.717) is 12.1 Å². The largest absolute Gasteiger partial charge is 0.356 e. The highest BCUT2D eigenvalue weighted by molar-refractivity contribution is 9.10. The van der Waals surface area contributed by atoms with E-state index in [1.807, 2.05) is 12.4 Å². The Kier molecular flexibility index (Phi) is 7.46. The van der Waals surface area contributed by atoms with Gasteiger partial charge in [0.1, 0.15) is 6.23 Å². The van der Waals surface area contributed by atoms with Crippen molar-refractivity contribution in [2.45, 2.75) is 70.2 Å². The van der Waals surface area contributed by atoms with Gasteiger partial charge >= 0.3 is 0 Å². The van der Waals surface area contributed by atoms with E-state index in [4.69, 9.17) is 4.74 Å². The smallest absolute Gasteiger partial charge is 0.225 e. The van der Waals surface area contributed by atoms with Crippen LogP contribution in [0.25, 0.3) is 0 Å². The molecule has 0 N–H and O–H groups in total. The van der Waals surface area contributed by atoms with Crippen LogP contribution >= 0.6 is 15.9 Å². The third-order valence-corrected chi connectivity index (χ3v) is 5.96. The SMILES string of the molecule is CC=CC(OC1CCC(N(C)c2ncc(Br)cn2)CC1)N1CCCCC1. The Morgan fingerprint density at radius 3 is 2.42 bits per heavy atom. The van der Waals surface area contributed by atoms with Crippen LogP contribution in [0.5, 0.6) is 0 Å². The predicted octanol–water partition coefficient (Wildman–Crippen LogP) is 4.39. The van der Waals surface area contributed by atoms with Gasteiger partial charge in [-0.1, -0.05) is 12.5 Å². The maximum absolute atomic E-state index is 6.50. The third-order valence-electron chi connectivity index (χ3n) is 5.55. The van der Waals surface area contributed by atoms with Crippen molar-refractivity contribution in [1.82, 2.24) is 14.9 Å². The van der Waals surface area contributed by atoms with Gasteiger partial charge in [-0.3, -0.25) is 4.90 Å². The summed E-state index contributed by atoms with van der Waals surface area (Å²) < 4.78 is 7.42. The Morgan fingerprint density at radius 2 is 1.81 bits per heavy atom. The molecule has 1 aliphatic carbocycles.